The van der Waals surface area contributed by atoms with Crippen LogP contribution in [-0.2, 0) is 4.79 Å². The average molecular weight is 435 g/mol. The Morgan fingerprint density at radius 2 is 1.53 bits per heavy atom. The molecule has 170 valence electrons. The van der Waals surface area contributed by atoms with Crippen LogP contribution in [0.25, 0.3) is 0 Å². The lowest BCUT2D eigenvalue weighted by atomic mass is 9.93. The summed E-state index contributed by atoms with van der Waals surface area (Å²) in [5.41, 5.74) is 1.67. The summed E-state index contributed by atoms with van der Waals surface area (Å²) in [6, 6.07) is 16.2. The van der Waals surface area contributed by atoms with Gasteiger partial charge in [0.2, 0.25) is 0 Å². The van der Waals surface area contributed by atoms with Crippen LogP contribution >= 0.6 is 0 Å². The summed E-state index contributed by atoms with van der Waals surface area (Å²) in [7, 11) is 0. The molecule has 0 N–H and O–H groups in total. The minimum atomic E-state index is -0.876. The van der Waals surface area contributed by atoms with Crippen LogP contribution in [0.2, 0.25) is 0 Å². The number of nitrogens with zero attached hydrogens (tertiary/aromatic N) is 2. The molecule has 1 amide bonds. The maximum atomic E-state index is 13.0. The second-order valence-corrected chi connectivity index (χ2v) is 8.37. The number of carbonyl (C=O) groups excluding carboxylic acids is 2. The molecule has 0 radical (unpaired) electrons. The number of para-hydroxylation sites is 1. The van der Waals surface area contributed by atoms with Crippen molar-refractivity contribution in [2.75, 3.05) is 11.6 Å². The lowest BCUT2D eigenvalue weighted by molar-refractivity contribution is -0.118. The molecule has 1 aliphatic heterocycles. The molecule has 0 saturated carbocycles. The highest BCUT2D eigenvalue weighted by molar-refractivity contribution is 6.30. The summed E-state index contributed by atoms with van der Waals surface area (Å²) in [5.74, 6) is -0.670. The summed E-state index contributed by atoms with van der Waals surface area (Å²) >= 11 is 0. The van der Waals surface area contributed by atoms with Crippen molar-refractivity contribution in [1.29, 1.82) is 0 Å². The number of hydrogen-bond acceptors (Lipinski definition) is 4. The fourth-order valence-corrected chi connectivity index (χ4v) is 3.93. The first-order valence-electron chi connectivity index (χ1n) is 11.8. The summed E-state index contributed by atoms with van der Waals surface area (Å²) in [4.78, 5) is 25.9. The van der Waals surface area contributed by atoms with Crippen LogP contribution in [0.5, 0.6) is 5.75 Å². The number of benzene rings is 2. The third-order valence-corrected chi connectivity index (χ3v) is 5.80. The molecule has 1 unspecified atom stereocenters. The van der Waals surface area contributed by atoms with Crippen LogP contribution in [0.3, 0.4) is 0 Å². The topological polar surface area (TPSA) is 59.0 Å². The van der Waals surface area contributed by atoms with E-state index in [-0.39, 0.29) is 11.7 Å². The number of Topliss-reactive ketones (excluding diaryl/α,β-unsaturated/α-hetero) is 1. The van der Waals surface area contributed by atoms with E-state index in [4.69, 9.17) is 4.74 Å². The van der Waals surface area contributed by atoms with E-state index in [2.05, 4.69) is 12.0 Å². The molecule has 1 heterocycles. The van der Waals surface area contributed by atoms with Crippen molar-refractivity contribution < 1.29 is 14.3 Å². The summed E-state index contributed by atoms with van der Waals surface area (Å²) < 4.78 is 5.82. The molecular weight excluding hydrogens is 400 g/mol. The van der Waals surface area contributed by atoms with Crippen molar-refractivity contribution in [1.82, 2.24) is 0 Å². The smallest absolute Gasteiger partial charge is 0.264 e. The first kappa shape index (κ1) is 23.7. The highest BCUT2D eigenvalue weighted by Crippen LogP contribution is 2.26. The lowest BCUT2D eigenvalue weighted by Crippen LogP contribution is -2.32. The molecular formula is C27H34N2O3. The van der Waals surface area contributed by atoms with E-state index in [0.29, 0.717) is 23.6 Å². The van der Waals surface area contributed by atoms with Gasteiger partial charge in [0.15, 0.2) is 5.78 Å². The molecule has 3 rings (SSSR count). The predicted octanol–water partition coefficient (Wildman–Crippen LogP) is 6.43. The van der Waals surface area contributed by atoms with E-state index < -0.39 is 5.92 Å². The van der Waals surface area contributed by atoms with E-state index in [1.165, 1.54) is 50.0 Å². The summed E-state index contributed by atoms with van der Waals surface area (Å²) in [5, 5.41) is 5.64. The number of rotatable bonds is 13. The van der Waals surface area contributed by atoms with Gasteiger partial charge in [0.25, 0.3) is 5.91 Å². The summed E-state index contributed by atoms with van der Waals surface area (Å²) in [6.45, 7) is 4.65. The molecule has 0 bridgehead atoms. The van der Waals surface area contributed by atoms with E-state index in [0.717, 1.165) is 12.2 Å². The number of hydrogen-bond donors (Lipinski definition) is 0. The number of ketones is 1. The van der Waals surface area contributed by atoms with Crippen LogP contribution in [0.1, 0.15) is 75.6 Å². The molecule has 1 atom stereocenters. The Hall–Kier alpha value is -2.95. The van der Waals surface area contributed by atoms with Crippen molar-refractivity contribution in [3.05, 3.63) is 60.2 Å². The number of carbonyl (C=O) groups is 2. The maximum absolute atomic E-state index is 13.0. The van der Waals surface area contributed by atoms with E-state index >= 15 is 0 Å². The number of anilines is 1. The van der Waals surface area contributed by atoms with Crippen LogP contribution in [0, 0.1) is 5.92 Å². The molecule has 0 spiro atoms. The largest absolute Gasteiger partial charge is 0.494 e. The van der Waals surface area contributed by atoms with Crippen molar-refractivity contribution in [2.24, 2.45) is 11.0 Å². The number of amides is 1. The zero-order valence-corrected chi connectivity index (χ0v) is 19.3. The molecule has 1 aliphatic rings. The SMILES string of the molecule is CCCCCCCCCCOc1ccc(C(=O)C2C(=O)N(c3ccccc3)N=C2C)cc1. The zero-order valence-electron chi connectivity index (χ0n) is 19.3. The Kier molecular flexibility index (Phi) is 9.02. The standard InChI is InChI=1S/C27H34N2O3/c1-3-4-5-6-7-8-9-13-20-32-24-18-16-22(17-19-24)26(30)25-21(2)28-29(27(25)31)23-14-11-10-12-15-23/h10-12,14-19,25H,3-9,13,20H2,1-2H3. The van der Waals surface area contributed by atoms with Crippen LogP contribution < -0.4 is 9.75 Å². The van der Waals surface area contributed by atoms with Gasteiger partial charge in [0.05, 0.1) is 18.0 Å². The van der Waals surface area contributed by atoms with Crippen LogP contribution in [0.4, 0.5) is 5.69 Å². The molecule has 2 aromatic carbocycles. The third-order valence-electron chi connectivity index (χ3n) is 5.80. The van der Waals surface area contributed by atoms with Crippen LogP contribution in [0.15, 0.2) is 59.7 Å². The monoisotopic (exact) mass is 434 g/mol. The van der Waals surface area contributed by atoms with Gasteiger partial charge in [0.1, 0.15) is 11.7 Å². The van der Waals surface area contributed by atoms with Gasteiger partial charge in [-0.15, -0.1) is 0 Å². The molecule has 5 heteroatoms. The molecule has 0 saturated heterocycles. The van der Waals surface area contributed by atoms with Gasteiger partial charge in [-0.05, 0) is 49.7 Å². The van der Waals surface area contributed by atoms with Crippen LogP contribution in [-0.4, -0.2) is 24.0 Å². The minimum Gasteiger partial charge on any atom is -0.494 e. The Bertz CT molecular complexity index is 906. The fourth-order valence-electron chi connectivity index (χ4n) is 3.93. The molecule has 5 nitrogen and oxygen atoms in total. The highest BCUT2D eigenvalue weighted by atomic mass is 16.5. The van der Waals surface area contributed by atoms with Gasteiger partial charge >= 0.3 is 0 Å². The predicted molar refractivity (Wildman–Crippen MR) is 129 cm³/mol. The Balaban J connectivity index is 1.46. The van der Waals surface area contributed by atoms with E-state index in [1.807, 2.05) is 18.2 Å². The van der Waals surface area contributed by atoms with Gasteiger partial charge in [0, 0.05) is 5.56 Å². The molecule has 0 aliphatic carbocycles. The maximum Gasteiger partial charge on any atom is 0.264 e. The van der Waals surface area contributed by atoms with Gasteiger partial charge in [-0.2, -0.15) is 10.1 Å². The van der Waals surface area contributed by atoms with E-state index in [1.54, 1.807) is 43.3 Å². The van der Waals surface area contributed by atoms with Crippen molar-refractivity contribution >= 4 is 23.1 Å². The molecule has 0 fully saturated rings. The lowest BCUT2D eigenvalue weighted by Gasteiger charge is -2.14. The first-order chi connectivity index (χ1) is 15.6. The Morgan fingerprint density at radius 3 is 2.19 bits per heavy atom. The van der Waals surface area contributed by atoms with Crippen molar-refractivity contribution in [3.63, 3.8) is 0 Å². The second-order valence-electron chi connectivity index (χ2n) is 8.37. The summed E-state index contributed by atoms with van der Waals surface area (Å²) in [6.07, 6.45) is 10.1. The number of ether oxygens (including phenoxy) is 1. The van der Waals surface area contributed by atoms with Gasteiger partial charge in [-0.1, -0.05) is 70.1 Å². The Morgan fingerprint density at radius 1 is 0.906 bits per heavy atom. The third kappa shape index (κ3) is 6.28. The minimum absolute atomic E-state index is 0.232. The molecule has 32 heavy (non-hydrogen) atoms. The first-order valence-corrected chi connectivity index (χ1v) is 11.8. The fraction of sp³-hybridized carbons (Fsp3) is 0.444. The highest BCUT2D eigenvalue weighted by Gasteiger charge is 2.39. The number of unbranched alkanes of at least 4 members (excludes halogenated alkanes) is 7. The zero-order chi connectivity index (χ0) is 22.8. The van der Waals surface area contributed by atoms with Gasteiger partial charge in [-0.3, -0.25) is 9.59 Å². The van der Waals surface area contributed by atoms with Gasteiger partial charge < -0.3 is 4.74 Å². The quantitative estimate of drug-likeness (QED) is 0.207. The molecule has 2 aromatic rings. The van der Waals surface area contributed by atoms with Crippen molar-refractivity contribution in [3.8, 4) is 5.75 Å². The van der Waals surface area contributed by atoms with Crippen molar-refractivity contribution in [2.45, 2.75) is 65.2 Å². The van der Waals surface area contributed by atoms with E-state index in [9.17, 15) is 9.59 Å². The Labute approximate surface area is 191 Å². The number of hydrazone groups is 1. The van der Waals surface area contributed by atoms with Gasteiger partial charge in [-0.25, -0.2) is 0 Å². The second kappa shape index (κ2) is 12.2. The normalized spacial score (nSPS) is 15.7. The molecule has 0 aromatic heterocycles. The average Bonchev–Trinajstić information content (AvgIpc) is 3.12.